The van der Waals surface area contributed by atoms with Crippen molar-refractivity contribution in [1.82, 2.24) is 4.90 Å². The van der Waals surface area contributed by atoms with E-state index in [0.29, 0.717) is 38.3 Å². The van der Waals surface area contributed by atoms with Gasteiger partial charge in [0.25, 0.3) is 0 Å². The van der Waals surface area contributed by atoms with Crippen LogP contribution in [0, 0.1) is 0 Å². The number of hydrogen-bond acceptors (Lipinski definition) is 4. The van der Waals surface area contributed by atoms with Crippen molar-refractivity contribution in [3.8, 4) is 11.5 Å². The predicted molar refractivity (Wildman–Crippen MR) is 81.7 cm³/mol. The summed E-state index contributed by atoms with van der Waals surface area (Å²) in [7, 11) is 1.69. The number of amides is 1. The van der Waals surface area contributed by atoms with E-state index in [0.717, 1.165) is 5.75 Å². The Morgan fingerprint density at radius 1 is 1.29 bits per heavy atom. The lowest BCUT2D eigenvalue weighted by Crippen LogP contribution is -2.33. The van der Waals surface area contributed by atoms with E-state index in [9.17, 15) is 9.90 Å². The van der Waals surface area contributed by atoms with E-state index in [4.69, 9.17) is 9.47 Å². The lowest BCUT2D eigenvalue weighted by molar-refractivity contribution is -0.131. The Bertz CT molecular complexity index is 434. The minimum atomic E-state index is -0.506. The van der Waals surface area contributed by atoms with Crippen LogP contribution in [0.5, 0.6) is 11.5 Å². The molecule has 0 radical (unpaired) electrons. The number of aliphatic hydroxyl groups excluding tert-OH is 1. The fourth-order valence-corrected chi connectivity index (χ4v) is 1.94. The number of ether oxygens (including phenoxy) is 2. The molecule has 0 bridgehead atoms. The monoisotopic (exact) mass is 295 g/mol. The molecule has 1 amide bonds. The minimum Gasteiger partial charge on any atom is -0.490 e. The van der Waals surface area contributed by atoms with Gasteiger partial charge in [-0.15, -0.1) is 0 Å². The van der Waals surface area contributed by atoms with Crippen molar-refractivity contribution < 1.29 is 19.4 Å². The number of hydrogen-bond donors (Lipinski definition) is 1. The Labute approximate surface area is 126 Å². The fourth-order valence-electron chi connectivity index (χ4n) is 1.94. The topological polar surface area (TPSA) is 59.0 Å². The van der Waals surface area contributed by atoms with Crippen molar-refractivity contribution in [3.63, 3.8) is 0 Å². The Kier molecular flexibility index (Phi) is 7.61. The van der Waals surface area contributed by atoms with Gasteiger partial charge < -0.3 is 19.5 Å². The molecule has 1 aromatic rings. The smallest absolute Gasteiger partial charge is 0.222 e. The van der Waals surface area contributed by atoms with E-state index < -0.39 is 6.10 Å². The second kappa shape index (κ2) is 9.23. The number of nitrogens with zero attached hydrogens (tertiary/aromatic N) is 1. The third-order valence-electron chi connectivity index (χ3n) is 2.91. The van der Waals surface area contributed by atoms with E-state index in [1.165, 1.54) is 0 Å². The summed E-state index contributed by atoms with van der Waals surface area (Å²) < 4.78 is 11.1. The van der Waals surface area contributed by atoms with E-state index >= 15 is 0 Å². The highest BCUT2D eigenvalue weighted by Gasteiger charge is 2.11. The van der Waals surface area contributed by atoms with Crippen LogP contribution in [0.4, 0.5) is 0 Å². The number of likely N-dealkylation sites (N-methyl/N-ethyl adjacent to an activating group) is 1. The van der Waals surface area contributed by atoms with Crippen molar-refractivity contribution in [1.29, 1.82) is 0 Å². The molecule has 5 heteroatoms. The van der Waals surface area contributed by atoms with Crippen LogP contribution in [0.25, 0.3) is 0 Å². The summed E-state index contributed by atoms with van der Waals surface area (Å²) >= 11 is 0. The van der Waals surface area contributed by atoms with Crippen LogP contribution in [0.1, 0.15) is 26.7 Å². The van der Waals surface area contributed by atoms with E-state index in [-0.39, 0.29) is 5.91 Å². The molecular formula is C16H25NO4. The summed E-state index contributed by atoms with van der Waals surface area (Å²) in [5, 5.41) is 9.24. The molecule has 1 aromatic carbocycles. The fraction of sp³-hybridized carbons (Fsp3) is 0.562. The van der Waals surface area contributed by atoms with Crippen LogP contribution in [0.3, 0.4) is 0 Å². The standard InChI is InChI=1S/C16H25NO4/c1-4-20-14-8-5-6-9-15(14)21-11-7-10-16(19)17(3)12-13(2)18/h5-6,8-9,13,18H,4,7,10-12H2,1-3H3/t13-/m1/s1. The quantitative estimate of drug-likeness (QED) is 0.709. The van der Waals surface area contributed by atoms with Gasteiger partial charge in [0, 0.05) is 20.0 Å². The summed E-state index contributed by atoms with van der Waals surface area (Å²) in [5.74, 6) is 1.43. The SMILES string of the molecule is CCOc1ccccc1OCCCC(=O)N(C)C[C@@H](C)O. The zero-order valence-corrected chi connectivity index (χ0v) is 13.0. The average molecular weight is 295 g/mol. The summed E-state index contributed by atoms with van der Waals surface area (Å²) in [6, 6.07) is 7.50. The number of rotatable bonds is 9. The van der Waals surface area contributed by atoms with Gasteiger partial charge in [-0.1, -0.05) is 12.1 Å². The highest BCUT2D eigenvalue weighted by Crippen LogP contribution is 2.26. The Hall–Kier alpha value is -1.75. The van der Waals surface area contributed by atoms with Crippen LogP contribution < -0.4 is 9.47 Å². The maximum atomic E-state index is 11.8. The number of carbonyl (C=O) groups excluding carboxylic acids is 1. The molecular weight excluding hydrogens is 270 g/mol. The molecule has 1 N–H and O–H groups in total. The molecule has 21 heavy (non-hydrogen) atoms. The average Bonchev–Trinajstić information content (AvgIpc) is 2.44. The van der Waals surface area contributed by atoms with E-state index in [1.54, 1.807) is 18.9 Å². The van der Waals surface area contributed by atoms with Crippen LogP contribution in [-0.2, 0) is 4.79 Å². The first-order valence-corrected chi connectivity index (χ1v) is 7.31. The molecule has 0 fully saturated rings. The lowest BCUT2D eigenvalue weighted by Gasteiger charge is -2.18. The molecule has 1 rings (SSSR count). The van der Waals surface area contributed by atoms with Gasteiger partial charge in [0.15, 0.2) is 11.5 Å². The van der Waals surface area contributed by atoms with Crippen LogP contribution in [-0.4, -0.2) is 48.8 Å². The maximum Gasteiger partial charge on any atom is 0.222 e. The summed E-state index contributed by atoms with van der Waals surface area (Å²) in [4.78, 5) is 13.3. The van der Waals surface area contributed by atoms with Crippen molar-refractivity contribution >= 4 is 5.91 Å². The first-order chi connectivity index (χ1) is 10.0. The highest BCUT2D eigenvalue weighted by atomic mass is 16.5. The minimum absolute atomic E-state index is 0.0117. The van der Waals surface area contributed by atoms with Gasteiger partial charge in [-0.25, -0.2) is 0 Å². The van der Waals surface area contributed by atoms with E-state index in [1.807, 2.05) is 31.2 Å². The molecule has 1 atom stereocenters. The molecule has 0 aliphatic carbocycles. The second-order valence-electron chi connectivity index (χ2n) is 4.96. The van der Waals surface area contributed by atoms with Gasteiger partial charge in [0.05, 0.1) is 19.3 Å². The molecule has 0 saturated carbocycles. The van der Waals surface area contributed by atoms with Crippen molar-refractivity contribution in [2.24, 2.45) is 0 Å². The highest BCUT2D eigenvalue weighted by molar-refractivity contribution is 5.75. The Balaban J connectivity index is 2.32. The second-order valence-corrected chi connectivity index (χ2v) is 4.96. The van der Waals surface area contributed by atoms with Gasteiger partial charge >= 0.3 is 0 Å². The summed E-state index contributed by atoms with van der Waals surface area (Å²) in [6.07, 6.45) is 0.525. The van der Waals surface area contributed by atoms with Crippen molar-refractivity contribution in [3.05, 3.63) is 24.3 Å². The van der Waals surface area contributed by atoms with Gasteiger partial charge in [-0.05, 0) is 32.4 Å². The van der Waals surface area contributed by atoms with Crippen molar-refractivity contribution in [2.45, 2.75) is 32.8 Å². The van der Waals surface area contributed by atoms with Crippen molar-refractivity contribution in [2.75, 3.05) is 26.8 Å². The molecule has 0 heterocycles. The summed E-state index contributed by atoms with van der Waals surface area (Å²) in [5.41, 5.74) is 0. The van der Waals surface area contributed by atoms with Crippen LogP contribution in [0.15, 0.2) is 24.3 Å². The maximum absolute atomic E-state index is 11.8. The third-order valence-corrected chi connectivity index (χ3v) is 2.91. The predicted octanol–water partition coefficient (Wildman–Crippen LogP) is 2.08. The first-order valence-electron chi connectivity index (χ1n) is 7.31. The normalized spacial score (nSPS) is 11.8. The third kappa shape index (κ3) is 6.49. The van der Waals surface area contributed by atoms with Gasteiger partial charge in [-0.3, -0.25) is 4.79 Å². The zero-order valence-electron chi connectivity index (χ0n) is 13.0. The number of aliphatic hydroxyl groups is 1. The summed E-state index contributed by atoms with van der Waals surface area (Å²) in [6.45, 7) is 4.99. The van der Waals surface area contributed by atoms with Gasteiger partial charge in [0.1, 0.15) is 0 Å². The van der Waals surface area contributed by atoms with Gasteiger partial charge in [0.2, 0.25) is 5.91 Å². The number of benzene rings is 1. The molecule has 0 aliphatic rings. The molecule has 118 valence electrons. The van der Waals surface area contributed by atoms with Crippen LogP contribution in [0.2, 0.25) is 0 Å². The molecule has 5 nitrogen and oxygen atoms in total. The molecule has 0 saturated heterocycles. The molecule has 0 aromatic heterocycles. The molecule has 0 unspecified atom stereocenters. The Morgan fingerprint density at radius 2 is 1.90 bits per heavy atom. The van der Waals surface area contributed by atoms with Crippen LogP contribution >= 0.6 is 0 Å². The lowest BCUT2D eigenvalue weighted by atomic mass is 10.2. The first kappa shape index (κ1) is 17.3. The Morgan fingerprint density at radius 3 is 2.48 bits per heavy atom. The van der Waals surface area contributed by atoms with Gasteiger partial charge in [-0.2, -0.15) is 0 Å². The number of para-hydroxylation sites is 2. The zero-order chi connectivity index (χ0) is 15.7. The molecule has 0 spiro atoms. The molecule has 0 aliphatic heterocycles. The number of carbonyl (C=O) groups is 1. The largest absolute Gasteiger partial charge is 0.490 e. The van der Waals surface area contributed by atoms with E-state index in [2.05, 4.69) is 0 Å².